The van der Waals surface area contributed by atoms with Gasteiger partial charge in [-0.25, -0.2) is 9.97 Å². The van der Waals surface area contributed by atoms with Crippen LogP contribution in [0, 0.1) is 0 Å². The summed E-state index contributed by atoms with van der Waals surface area (Å²) in [4.78, 5) is 21.2. The summed E-state index contributed by atoms with van der Waals surface area (Å²) in [5.41, 5.74) is 0. The monoisotopic (exact) mass is 251 g/mol. The first-order valence-electron chi connectivity index (χ1n) is 6.13. The number of nitrogens with one attached hydrogen (secondary N) is 2. The van der Waals surface area contributed by atoms with Gasteiger partial charge in [0, 0.05) is 39.7 Å². The van der Waals surface area contributed by atoms with Gasteiger partial charge in [-0.15, -0.1) is 0 Å². The maximum atomic E-state index is 11.4. The normalized spacial score (nSPS) is 9.94. The maximum absolute atomic E-state index is 11.4. The Morgan fingerprint density at radius 1 is 1.22 bits per heavy atom. The highest BCUT2D eigenvalue weighted by molar-refractivity contribution is 5.76. The van der Waals surface area contributed by atoms with E-state index in [1.54, 1.807) is 19.0 Å². The molecule has 0 aliphatic carbocycles. The van der Waals surface area contributed by atoms with E-state index in [2.05, 4.69) is 27.5 Å². The maximum Gasteiger partial charge on any atom is 0.223 e. The van der Waals surface area contributed by atoms with Crippen LogP contribution in [0.5, 0.6) is 0 Å². The highest BCUT2D eigenvalue weighted by Crippen LogP contribution is 2.08. The molecule has 0 spiro atoms. The minimum Gasteiger partial charge on any atom is -0.370 e. The van der Waals surface area contributed by atoms with E-state index in [9.17, 15) is 4.79 Å². The molecule has 100 valence electrons. The summed E-state index contributed by atoms with van der Waals surface area (Å²) in [5.74, 6) is 1.63. The minimum atomic E-state index is 0.0980. The van der Waals surface area contributed by atoms with E-state index in [0.29, 0.717) is 13.0 Å². The van der Waals surface area contributed by atoms with Crippen molar-refractivity contribution in [1.82, 2.24) is 14.9 Å². The molecule has 0 aromatic carbocycles. The van der Waals surface area contributed by atoms with Crippen LogP contribution in [0.1, 0.15) is 19.8 Å². The Bertz CT molecular complexity index is 380. The summed E-state index contributed by atoms with van der Waals surface area (Å²) in [5, 5.41) is 6.29. The molecule has 0 atom stereocenters. The zero-order valence-electron chi connectivity index (χ0n) is 11.2. The van der Waals surface area contributed by atoms with Crippen molar-refractivity contribution in [2.24, 2.45) is 0 Å². The Morgan fingerprint density at radius 2 is 1.83 bits per heavy atom. The smallest absolute Gasteiger partial charge is 0.223 e. The van der Waals surface area contributed by atoms with Crippen LogP contribution in [0.25, 0.3) is 0 Å². The lowest BCUT2D eigenvalue weighted by molar-refractivity contribution is -0.128. The number of anilines is 2. The second kappa shape index (κ2) is 7.47. The number of hydrogen-bond acceptors (Lipinski definition) is 5. The van der Waals surface area contributed by atoms with Gasteiger partial charge in [-0.1, -0.05) is 6.92 Å². The van der Waals surface area contributed by atoms with Gasteiger partial charge in [0.1, 0.15) is 18.0 Å². The molecule has 6 heteroatoms. The van der Waals surface area contributed by atoms with Gasteiger partial charge in [-0.3, -0.25) is 4.79 Å². The van der Waals surface area contributed by atoms with Crippen molar-refractivity contribution in [3.8, 4) is 0 Å². The third-order valence-electron chi connectivity index (χ3n) is 2.37. The lowest BCUT2D eigenvalue weighted by atomic mass is 10.3. The highest BCUT2D eigenvalue weighted by atomic mass is 16.2. The molecule has 0 radical (unpaired) electrons. The number of hydrogen-bond donors (Lipinski definition) is 2. The van der Waals surface area contributed by atoms with Crippen molar-refractivity contribution in [1.29, 1.82) is 0 Å². The van der Waals surface area contributed by atoms with Crippen LogP contribution in [0.4, 0.5) is 11.6 Å². The minimum absolute atomic E-state index is 0.0980. The van der Waals surface area contributed by atoms with Crippen molar-refractivity contribution < 1.29 is 4.79 Å². The predicted molar refractivity (Wildman–Crippen MR) is 72.6 cm³/mol. The molecule has 0 unspecified atom stereocenters. The third kappa shape index (κ3) is 4.99. The second-order valence-corrected chi connectivity index (χ2v) is 4.18. The molecule has 6 nitrogen and oxygen atoms in total. The lowest BCUT2D eigenvalue weighted by Crippen LogP contribution is -2.24. The van der Waals surface area contributed by atoms with Gasteiger partial charge in [0.2, 0.25) is 5.91 Å². The Kier molecular flexibility index (Phi) is 5.90. The van der Waals surface area contributed by atoms with E-state index in [1.165, 1.54) is 6.33 Å². The molecule has 1 aromatic rings. The van der Waals surface area contributed by atoms with Crippen molar-refractivity contribution in [2.75, 3.05) is 37.8 Å². The molecule has 1 rings (SSSR count). The fourth-order valence-corrected chi connectivity index (χ4v) is 1.32. The summed E-state index contributed by atoms with van der Waals surface area (Å²) in [6.45, 7) is 3.55. The lowest BCUT2D eigenvalue weighted by Gasteiger charge is -2.11. The van der Waals surface area contributed by atoms with Crippen LogP contribution in [0.2, 0.25) is 0 Å². The molecule has 0 saturated carbocycles. The average Bonchev–Trinajstić information content (AvgIpc) is 2.36. The first kappa shape index (κ1) is 14.2. The number of carbonyl (C=O) groups excluding carboxylic acids is 1. The summed E-state index contributed by atoms with van der Waals surface area (Å²) in [6.07, 6.45) is 3.01. The predicted octanol–water partition coefficient (Wildman–Crippen LogP) is 1.19. The van der Waals surface area contributed by atoms with E-state index in [4.69, 9.17) is 0 Å². The van der Waals surface area contributed by atoms with E-state index >= 15 is 0 Å². The van der Waals surface area contributed by atoms with Crippen LogP contribution < -0.4 is 10.6 Å². The summed E-state index contributed by atoms with van der Waals surface area (Å²) in [6, 6.07) is 1.84. The van der Waals surface area contributed by atoms with Crippen LogP contribution in [-0.2, 0) is 4.79 Å². The molecule has 1 amide bonds. The summed E-state index contributed by atoms with van der Waals surface area (Å²) < 4.78 is 0. The van der Waals surface area contributed by atoms with E-state index in [1.807, 2.05) is 6.07 Å². The third-order valence-corrected chi connectivity index (χ3v) is 2.37. The fourth-order valence-electron chi connectivity index (χ4n) is 1.32. The Labute approximate surface area is 108 Å². The molecule has 1 heterocycles. The van der Waals surface area contributed by atoms with Gasteiger partial charge in [-0.2, -0.15) is 0 Å². The largest absolute Gasteiger partial charge is 0.370 e. The van der Waals surface area contributed by atoms with Crippen molar-refractivity contribution >= 4 is 17.5 Å². The molecular weight excluding hydrogens is 230 g/mol. The SMILES string of the molecule is CCCNc1cc(NCCC(=O)N(C)C)ncn1. The quantitative estimate of drug-likeness (QED) is 0.761. The van der Waals surface area contributed by atoms with Gasteiger partial charge < -0.3 is 15.5 Å². The molecular formula is C12H21N5O. The summed E-state index contributed by atoms with van der Waals surface area (Å²) >= 11 is 0. The fraction of sp³-hybridized carbons (Fsp3) is 0.583. The van der Waals surface area contributed by atoms with Gasteiger partial charge in [0.05, 0.1) is 0 Å². The molecule has 0 saturated heterocycles. The Morgan fingerprint density at radius 3 is 2.39 bits per heavy atom. The van der Waals surface area contributed by atoms with Gasteiger partial charge in [0.15, 0.2) is 0 Å². The molecule has 0 bridgehead atoms. The van der Waals surface area contributed by atoms with Crippen LogP contribution >= 0.6 is 0 Å². The van der Waals surface area contributed by atoms with Gasteiger partial charge in [-0.05, 0) is 6.42 Å². The van der Waals surface area contributed by atoms with Gasteiger partial charge >= 0.3 is 0 Å². The van der Waals surface area contributed by atoms with Crippen molar-refractivity contribution in [3.63, 3.8) is 0 Å². The number of aromatic nitrogens is 2. The van der Waals surface area contributed by atoms with Gasteiger partial charge in [0.25, 0.3) is 0 Å². The summed E-state index contributed by atoms with van der Waals surface area (Å²) in [7, 11) is 3.50. The number of amides is 1. The van der Waals surface area contributed by atoms with Crippen LogP contribution in [0.15, 0.2) is 12.4 Å². The standard InChI is InChI=1S/C12H21N5O/c1-4-6-13-10-8-11(16-9-15-10)14-7-5-12(18)17(2)3/h8-9H,4-7H2,1-3H3,(H2,13,14,15,16). The molecule has 2 N–H and O–H groups in total. The molecule has 0 fully saturated rings. The molecule has 0 aliphatic heterocycles. The van der Waals surface area contributed by atoms with Crippen molar-refractivity contribution in [2.45, 2.75) is 19.8 Å². The number of rotatable bonds is 7. The number of carbonyl (C=O) groups is 1. The van der Waals surface area contributed by atoms with E-state index in [0.717, 1.165) is 24.6 Å². The average molecular weight is 251 g/mol. The topological polar surface area (TPSA) is 70.2 Å². The molecule has 0 aliphatic rings. The van der Waals surface area contributed by atoms with Crippen LogP contribution in [0.3, 0.4) is 0 Å². The first-order chi connectivity index (χ1) is 8.63. The molecule has 1 aromatic heterocycles. The Balaban J connectivity index is 2.40. The second-order valence-electron chi connectivity index (χ2n) is 4.18. The van der Waals surface area contributed by atoms with E-state index < -0.39 is 0 Å². The molecule has 18 heavy (non-hydrogen) atoms. The van der Waals surface area contributed by atoms with E-state index in [-0.39, 0.29) is 5.91 Å². The Hall–Kier alpha value is -1.85. The van der Waals surface area contributed by atoms with Crippen LogP contribution in [-0.4, -0.2) is 48.0 Å². The zero-order chi connectivity index (χ0) is 13.4. The number of nitrogens with zero attached hydrogens (tertiary/aromatic N) is 3. The zero-order valence-corrected chi connectivity index (χ0v) is 11.2. The highest BCUT2D eigenvalue weighted by Gasteiger charge is 2.03. The van der Waals surface area contributed by atoms with Crippen molar-refractivity contribution in [3.05, 3.63) is 12.4 Å². The first-order valence-corrected chi connectivity index (χ1v) is 6.13.